The standard InChI is InChI=1S/C14H9NO2/c16-14-10-5-1-2-7-13(10)17-9-11(14)12-6-3-4-8-15-12/h1-9H. The van der Waals surface area contributed by atoms with Crippen molar-refractivity contribution in [1.29, 1.82) is 0 Å². The number of hydrogen-bond donors (Lipinski definition) is 0. The van der Waals surface area contributed by atoms with Gasteiger partial charge in [-0.3, -0.25) is 9.78 Å². The molecule has 3 nitrogen and oxygen atoms in total. The number of aromatic nitrogens is 1. The van der Waals surface area contributed by atoms with Gasteiger partial charge < -0.3 is 4.42 Å². The van der Waals surface area contributed by atoms with Crippen LogP contribution in [0.1, 0.15) is 0 Å². The molecule has 17 heavy (non-hydrogen) atoms. The number of rotatable bonds is 1. The lowest BCUT2D eigenvalue weighted by Gasteiger charge is -2.00. The smallest absolute Gasteiger partial charge is 0.202 e. The van der Waals surface area contributed by atoms with Crippen LogP contribution in [0.15, 0.2) is 64.1 Å². The molecule has 0 saturated carbocycles. The van der Waals surface area contributed by atoms with Crippen LogP contribution in [0, 0.1) is 0 Å². The van der Waals surface area contributed by atoms with E-state index in [-0.39, 0.29) is 5.43 Å². The van der Waals surface area contributed by atoms with Crippen molar-refractivity contribution < 1.29 is 4.42 Å². The Labute approximate surface area is 97.4 Å². The lowest BCUT2D eigenvalue weighted by molar-refractivity contribution is 0.604. The maximum Gasteiger partial charge on any atom is 0.202 e. The van der Waals surface area contributed by atoms with Crippen molar-refractivity contribution >= 4 is 11.0 Å². The molecule has 0 spiro atoms. The van der Waals surface area contributed by atoms with Crippen molar-refractivity contribution in [3.05, 3.63) is 65.1 Å². The molecule has 3 heteroatoms. The summed E-state index contributed by atoms with van der Waals surface area (Å²) >= 11 is 0. The molecule has 0 atom stereocenters. The van der Waals surface area contributed by atoms with E-state index in [2.05, 4.69) is 4.98 Å². The monoisotopic (exact) mass is 223 g/mol. The van der Waals surface area contributed by atoms with Crippen molar-refractivity contribution in [3.63, 3.8) is 0 Å². The summed E-state index contributed by atoms with van der Waals surface area (Å²) in [6.45, 7) is 0. The molecule has 3 aromatic rings. The van der Waals surface area contributed by atoms with E-state index >= 15 is 0 Å². The maximum atomic E-state index is 12.2. The van der Waals surface area contributed by atoms with E-state index in [1.165, 1.54) is 6.26 Å². The highest BCUT2D eigenvalue weighted by molar-refractivity contribution is 5.80. The van der Waals surface area contributed by atoms with E-state index < -0.39 is 0 Å². The van der Waals surface area contributed by atoms with Crippen molar-refractivity contribution in [2.45, 2.75) is 0 Å². The molecule has 2 aromatic heterocycles. The molecule has 3 rings (SSSR count). The highest BCUT2D eigenvalue weighted by atomic mass is 16.3. The second-order valence-electron chi connectivity index (χ2n) is 3.69. The van der Waals surface area contributed by atoms with Crippen LogP contribution in [-0.2, 0) is 0 Å². The van der Waals surface area contributed by atoms with Crippen LogP contribution in [0.3, 0.4) is 0 Å². The predicted octanol–water partition coefficient (Wildman–Crippen LogP) is 2.86. The van der Waals surface area contributed by atoms with Gasteiger partial charge in [0.1, 0.15) is 11.8 Å². The van der Waals surface area contributed by atoms with Crippen molar-refractivity contribution in [1.82, 2.24) is 4.98 Å². The summed E-state index contributed by atoms with van der Waals surface area (Å²) in [7, 11) is 0. The molecule has 0 radical (unpaired) electrons. The highest BCUT2D eigenvalue weighted by Crippen LogP contribution is 2.17. The van der Waals surface area contributed by atoms with Gasteiger partial charge in [0.15, 0.2) is 0 Å². The average molecular weight is 223 g/mol. The third kappa shape index (κ3) is 1.61. The fourth-order valence-corrected chi connectivity index (χ4v) is 1.78. The molecule has 0 aliphatic rings. The largest absolute Gasteiger partial charge is 0.463 e. The minimum absolute atomic E-state index is 0.0504. The van der Waals surface area contributed by atoms with Gasteiger partial charge in [-0.25, -0.2) is 0 Å². The molecule has 1 aromatic carbocycles. The number of para-hydroxylation sites is 1. The van der Waals surface area contributed by atoms with Gasteiger partial charge in [0.2, 0.25) is 5.43 Å². The molecule has 0 unspecified atom stereocenters. The minimum atomic E-state index is -0.0504. The molecule has 0 N–H and O–H groups in total. The Morgan fingerprint density at radius 1 is 1.00 bits per heavy atom. The van der Waals surface area contributed by atoms with Gasteiger partial charge in [-0.2, -0.15) is 0 Å². The normalized spacial score (nSPS) is 10.6. The topological polar surface area (TPSA) is 43.1 Å². The lowest BCUT2D eigenvalue weighted by Crippen LogP contribution is -2.05. The molecular weight excluding hydrogens is 214 g/mol. The first kappa shape index (κ1) is 9.78. The van der Waals surface area contributed by atoms with E-state index in [4.69, 9.17) is 4.42 Å². The van der Waals surface area contributed by atoms with Crippen LogP contribution in [0.5, 0.6) is 0 Å². The van der Waals surface area contributed by atoms with E-state index in [1.54, 1.807) is 24.4 Å². The van der Waals surface area contributed by atoms with Gasteiger partial charge in [-0.05, 0) is 24.3 Å². The summed E-state index contributed by atoms with van der Waals surface area (Å²) in [5, 5.41) is 0.579. The van der Waals surface area contributed by atoms with Crippen LogP contribution < -0.4 is 5.43 Å². The summed E-state index contributed by atoms with van der Waals surface area (Å²) in [6, 6.07) is 12.6. The number of fused-ring (bicyclic) bond motifs is 1. The Hall–Kier alpha value is -2.42. The molecule has 82 valence electrons. The van der Waals surface area contributed by atoms with Gasteiger partial charge >= 0.3 is 0 Å². The van der Waals surface area contributed by atoms with Crippen LogP contribution >= 0.6 is 0 Å². The van der Waals surface area contributed by atoms with Crippen molar-refractivity contribution in [3.8, 4) is 11.3 Å². The van der Waals surface area contributed by atoms with Gasteiger partial charge in [0.25, 0.3) is 0 Å². The summed E-state index contributed by atoms with van der Waals surface area (Å²) < 4.78 is 5.44. The van der Waals surface area contributed by atoms with Gasteiger partial charge in [-0.15, -0.1) is 0 Å². The summed E-state index contributed by atoms with van der Waals surface area (Å²) in [4.78, 5) is 16.4. The quantitative estimate of drug-likeness (QED) is 0.637. The van der Waals surface area contributed by atoms with E-state index in [1.807, 2.05) is 24.3 Å². The molecule has 0 amide bonds. The van der Waals surface area contributed by atoms with Crippen molar-refractivity contribution in [2.24, 2.45) is 0 Å². The fraction of sp³-hybridized carbons (Fsp3) is 0. The number of pyridine rings is 1. The average Bonchev–Trinajstić information content (AvgIpc) is 2.40. The zero-order valence-electron chi connectivity index (χ0n) is 8.96. The van der Waals surface area contributed by atoms with E-state index in [9.17, 15) is 4.79 Å². The Kier molecular flexibility index (Phi) is 2.22. The van der Waals surface area contributed by atoms with Crippen LogP contribution in [0.25, 0.3) is 22.2 Å². The molecular formula is C14H9NO2. The highest BCUT2D eigenvalue weighted by Gasteiger charge is 2.08. The Morgan fingerprint density at radius 3 is 2.65 bits per heavy atom. The van der Waals surface area contributed by atoms with Gasteiger partial charge in [0.05, 0.1) is 16.6 Å². The first-order valence-electron chi connectivity index (χ1n) is 5.28. The summed E-state index contributed by atoms with van der Waals surface area (Å²) in [6.07, 6.45) is 3.12. The van der Waals surface area contributed by atoms with Crippen LogP contribution in [0.4, 0.5) is 0 Å². The lowest BCUT2D eigenvalue weighted by atomic mass is 10.1. The van der Waals surface area contributed by atoms with E-state index in [0.717, 1.165) is 0 Å². The number of benzene rings is 1. The summed E-state index contributed by atoms with van der Waals surface area (Å²) in [5.41, 5.74) is 1.67. The van der Waals surface area contributed by atoms with Crippen LogP contribution in [0.2, 0.25) is 0 Å². The molecule has 0 saturated heterocycles. The van der Waals surface area contributed by atoms with E-state index in [0.29, 0.717) is 22.2 Å². The van der Waals surface area contributed by atoms with Gasteiger partial charge in [0, 0.05) is 6.20 Å². The Morgan fingerprint density at radius 2 is 1.82 bits per heavy atom. The first-order valence-corrected chi connectivity index (χ1v) is 5.28. The Balaban J connectivity index is 2.33. The zero-order chi connectivity index (χ0) is 11.7. The number of hydrogen-bond acceptors (Lipinski definition) is 3. The summed E-state index contributed by atoms with van der Waals surface area (Å²) in [5.74, 6) is 0. The first-order chi connectivity index (χ1) is 8.36. The van der Waals surface area contributed by atoms with Gasteiger partial charge in [-0.1, -0.05) is 18.2 Å². The number of nitrogens with zero attached hydrogens (tertiary/aromatic N) is 1. The fourth-order valence-electron chi connectivity index (χ4n) is 1.78. The second kappa shape index (κ2) is 3.87. The molecule has 0 aliphatic heterocycles. The second-order valence-corrected chi connectivity index (χ2v) is 3.69. The molecule has 0 bridgehead atoms. The Bertz CT molecular complexity index is 717. The molecule has 0 aliphatic carbocycles. The molecule has 0 fully saturated rings. The van der Waals surface area contributed by atoms with Crippen LogP contribution in [-0.4, -0.2) is 4.98 Å². The molecule has 2 heterocycles. The third-order valence-corrected chi connectivity index (χ3v) is 2.62. The SMILES string of the molecule is O=c1c(-c2ccccn2)coc2ccccc12. The predicted molar refractivity (Wildman–Crippen MR) is 65.7 cm³/mol. The third-order valence-electron chi connectivity index (χ3n) is 2.62. The minimum Gasteiger partial charge on any atom is -0.463 e. The zero-order valence-corrected chi connectivity index (χ0v) is 8.96. The van der Waals surface area contributed by atoms with Crippen molar-refractivity contribution in [2.75, 3.05) is 0 Å². The maximum absolute atomic E-state index is 12.2.